The summed E-state index contributed by atoms with van der Waals surface area (Å²) < 4.78 is 0. The maximum absolute atomic E-state index is 12.6. The molecule has 2 unspecified atom stereocenters. The number of carbonyl (C=O) groups is 2. The van der Waals surface area contributed by atoms with Crippen molar-refractivity contribution in [3.05, 3.63) is 71.3 Å². The van der Waals surface area contributed by atoms with Gasteiger partial charge in [0.05, 0.1) is 0 Å². The highest BCUT2D eigenvalue weighted by Crippen LogP contribution is 2.27. The molecule has 29 heavy (non-hydrogen) atoms. The molecule has 0 aliphatic carbocycles. The largest absolute Gasteiger partial charge is 0.366 e. The van der Waals surface area contributed by atoms with Gasteiger partial charge < -0.3 is 16.0 Å². The Morgan fingerprint density at radius 3 is 2.14 bits per heavy atom. The van der Waals surface area contributed by atoms with Crippen LogP contribution < -0.4 is 11.1 Å². The first-order valence-electron chi connectivity index (χ1n) is 10.1. The van der Waals surface area contributed by atoms with Crippen LogP contribution in [0.15, 0.2) is 54.6 Å². The molecule has 0 fully saturated rings. The van der Waals surface area contributed by atoms with Gasteiger partial charge in [-0.2, -0.15) is 0 Å². The number of nitrogens with zero attached hydrogens (tertiary/aromatic N) is 1. The smallest absolute Gasteiger partial charge is 0.248 e. The molecular weight excluding hydrogens is 362 g/mol. The van der Waals surface area contributed by atoms with Gasteiger partial charge in [-0.1, -0.05) is 56.3 Å². The van der Waals surface area contributed by atoms with Crippen molar-refractivity contribution in [3.63, 3.8) is 0 Å². The minimum Gasteiger partial charge on any atom is -0.366 e. The van der Waals surface area contributed by atoms with E-state index in [0.29, 0.717) is 24.4 Å². The van der Waals surface area contributed by atoms with E-state index in [0.717, 1.165) is 12.0 Å². The predicted octanol–water partition coefficient (Wildman–Crippen LogP) is 3.20. The van der Waals surface area contributed by atoms with E-state index >= 15 is 0 Å². The summed E-state index contributed by atoms with van der Waals surface area (Å²) in [5, 5.41) is 3.11. The summed E-state index contributed by atoms with van der Waals surface area (Å²) in [6.45, 7) is 4.88. The molecular formula is C24H33N3O2. The lowest BCUT2D eigenvalue weighted by atomic mass is 9.85. The molecule has 0 aromatic heterocycles. The molecule has 2 aromatic carbocycles. The standard InChI is InChI=1S/C24H33N3O2/c1-17(2)22(19-8-6-5-7-9-19)15-23(28)26-16-21(27(3)4)14-18-10-12-20(13-11-18)24(25)29/h5-13,17,21-22H,14-16H2,1-4H3,(H2,25,29)(H,26,28). The van der Waals surface area contributed by atoms with Crippen molar-refractivity contribution < 1.29 is 9.59 Å². The van der Waals surface area contributed by atoms with E-state index in [1.54, 1.807) is 12.1 Å². The van der Waals surface area contributed by atoms with E-state index in [2.05, 4.69) is 36.2 Å². The van der Waals surface area contributed by atoms with E-state index in [9.17, 15) is 9.59 Å². The molecule has 2 rings (SSSR count). The van der Waals surface area contributed by atoms with Gasteiger partial charge in [-0.15, -0.1) is 0 Å². The lowest BCUT2D eigenvalue weighted by Gasteiger charge is -2.26. The third-order valence-electron chi connectivity index (χ3n) is 5.41. The fourth-order valence-electron chi connectivity index (χ4n) is 3.46. The van der Waals surface area contributed by atoms with Crippen LogP contribution in [0, 0.1) is 5.92 Å². The maximum atomic E-state index is 12.6. The highest BCUT2D eigenvalue weighted by molar-refractivity contribution is 5.92. The Balaban J connectivity index is 1.95. The zero-order valence-corrected chi connectivity index (χ0v) is 17.9. The number of hydrogen-bond donors (Lipinski definition) is 2. The minimum atomic E-state index is -0.425. The van der Waals surface area contributed by atoms with Crippen LogP contribution in [0.2, 0.25) is 0 Å². The molecule has 3 N–H and O–H groups in total. The van der Waals surface area contributed by atoms with Crippen molar-refractivity contribution in [2.24, 2.45) is 11.7 Å². The van der Waals surface area contributed by atoms with Crippen LogP contribution in [0.1, 0.15) is 47.7 Å². The summed E-state index contributed by atoms with van der Waals surface area (Å²) in [4.78, 5) is 26.0. The molecule has 5 nitrogen and oxygen atoms in total. The quantitative estimate of drug-likeness (QED) is 0.649. The molecule has 2 aromatic rings. The van der Waals surface area contributed by atoms with E-state index in [1.165, 1.54) is 5.56 Å². The molecule has 0 heterocycles. The molecule has 156 valence electrons. The Labute approximate surface area is 174 Å². The molecule has 0 spiro atoms. The molecule has 0 aliphatic heterocycles. The lowest BCUT2D eigenvalue weighted by Crippen LogP contribution is -2.42. The maximum Gasteiger partial charge on any atom is 0.248 e. The Morgan fingerprint density at radius 2 is 1.62 bits per heavy atom. The van der Waals surface area contributed by atoms with Crippen LogP contribution in [-0.4, -0.2) is 43.4 Å². The summed E-state index contributed by atoms with van der Waals surface area (Å²) in [6, 6.07) is 17.7. The summed E-state index contributed by atoms with van der Waals surface area (Å²) in [7, 11) is 4.02. The van der Waals surface area contributed by atoms with Crippen LogP contribution in [0.25, 0.3) is 0 Å². The molecule has 2 amide bonds. The second kappa shape index (κ2) is 10.8. The van der Waals surface area contributed by atoms with Crippen molar-refractivity contribution in [2.45, 2.75) is 38.6 Å². The number of hydrogen-bond acceptors (Lipinski definition) is 3. The normalized spacial score (nSPS) is 13.3. The van der Waals surface area contributed by atoms with Crippen molar-refractivity contribution in [3.8, 4) is 0 Å². The van der Waals surface area contributed by atoms with Gasteiger partial charge in [0.25, 0.3) is 0 Å². The summed E-state index contributed by atoms with van der Waals surface area (Å²) in [5.74, 6) is 0.237. The average molecular weight is 396 g/mol. The van der Waals surface area contributed by atoms with E-state index < -0.39 is 5.91 Å². The number of amides is 2. The molecule has 0 saturated carbocycles. The van der Waals surface area contributed by atoms with Crippen LogP contribution in [-0.2, 0) is 11.2 Å². The first kappa shape index (κ1) is 22.6. The van der Waals surface area contributed by atoms with Gasteiger partial charge in [-0.05, 0) is 55.6 Å². The Bertz CT molecular complexity index is 786. The van der Waals surface area contributed by atoms with Crippen molar-refractivity contribution >= 4 is 11.8 Å². The molecule has 0 radical (unpaired) electrons. The third kappa shape index (κ3) is 7.02. The Kier molecular flexibility index (Phi) is 8.40. The zero-order valence-electron chi connectivity index (χ0n) is 17.9. The fourth-order valence-corrected chi connectivity index (χ4v) is 3.46. The van der Waals surface area contributed by atoms with Gasteiger partial charge in [0.1, 0.15) is 0 Å². The second-order valence-corrected chi connectivity index (χ2v) is 8.15. The van der Waals surface area contributed by atoms with E-state index in [1.807, 2.05) is 44.4 Å². The van der Waals surface area contributed by atoms with Gasteiger partial charge in [0, 0.05) is 24.6 Å². The number of likely N-dealkylation sites (N-methyl/N-ethyl adjacent to an activating group) is 1. The van der Waals surface area contributed by atoms with E-state index in [-0.39, 0.29) is 17.9 Å². The van der Waals surface area contributed by atoms with Gasteiger partial charge in [0.15, 0.2) is 0 Å². The second-order valence-electron chi connectivity index (χ2n) is 8.15. The average Bonchev–Trinajstić information content (AvgIpc) is 2.69. The minimum absolute atomic E-state index is 0.0727. The summed E-state index contributed by atoms with van der Waals surface area (Å²) in [6.07, 6.45) is 1.26. The Hall–Kier alpha value is -2.66. The first-order valence-corrected chi connectivity index (χ1v) is 10.1. The van der Waals surface area contributed by atoms with Crippen LogP contribution in [0.3, 0.4) is 0 Å². The number of nitrogens with one attached hydrogen (secondary N) is 1. The fraction of sp³-hybridized carbons (Fsp3) is 0.417. The number of rotatable bonds is 10. The number of nitrogens with two attached hydrogens (primary N) is 1. The Morgan fingerprint density at radius 1 is 1.00 bits per heavy atom. The van der Waals surface area contributed by atoms with Crippen LogP contribution in [0.5, 0.6) is 0 Å². The van der Waals surface area contributed by atoms with Crippen LogP contribution >= 0.6 is 0 Å². The number of primary amides is 1. The highest BCUT2D eigenvalue weighted by Gasteiger charge is 2.20. The van der Waals surface area contributed by atoms with Gasteiger partial charge in [-0.25, -0.2) is 0 Å². The number of carbonyl (C=O) groups excluding carboxylic acids is 2. The van der Waals surface area contributed by atoms with Gasteiger partial charge >= 0.3 is 0 Å². The zero-order chi connectivity index (χ0) is 21.4. The molecule has 2 atom stereocenters. The topological polar surface area (TPSA) is 75.4 Å². The molecule has 0 saturated heterocycles. The van der Waals surface area contributed by atoms with Gasteiger partial charge in [0.2, 0.25) is 11.8 Å². The van der Waals surface area contributed by atoms with Gasteiger partial charge in [-0.3, -0.25) is 9.59 Å². The molecule has 0 bridgehead atoms. The lowest BCUT2D eigenvalue weighted by molar-refractivity contribution is -0.121. The first-order chi connectivity index (χ1) is 13.8. The van der Waals surface area contributed by atoms with Crippen molar-refractivity contribution in [1.82, 2.24) is 10.2 Å². The predicted molar refractivity (Wildman–Crippen MR) is 118 cm³/mol. The summed E-state index contributed by atoms with van der Waals surface area (Å²) >= 11 is 0. The van der Waals surface area contributed by atoms with Crippen molar-refractivity contribution in [1.29, 1.82) is 0 Å². The molecule has 5 heteroatoms. The number of benzene rings is 2. The van der Waals surface area contributed by atoms with Crippen molar-refractivity contribution in [2.75, 3.05) is 20.6 Å². The SMILES string of the molecule is CC(C)C(CC(=O)NCC(Cc1ccc(C(N)=O)cc1)N(C)C)c1ccccc1. The van der Waals surface area contributed by atoms with Crippen LogP contribution in [0.4, 0.5) is 0 Å². The third-order valence-corrected chi connectivity index (χ3v) is 5.41. The monoisotopic (exact) mass is 395 g/mol. The summed E-state index contributed by atoms with van der Waals surface area (Å²) in [5.41, 5.74) is 8.12. The highest BCUT2D eigenvalue weighted by atomic mass is 16.1. The van der Waals surface area contributed by atoms with E-state index in [4.69, 9.17) is 5.73 Å². The molecule has 0 aliphatic rings.